The summed E-state index contributed by atoms with van der Waals surface area (Å²) in [6.45, 7) is 3.29. The first-order chi connectivity index (χ1) is 10.4. The number of piperidine rings is 1. The summed E-state index contributed by atoms with van der Waals surface area (Å²) in [5, 5.41) is 0. The topological polar surface area (TPSA) is 40.6 Å². The van der Waals surface area contributed by atoms with Crippen LogP contribution < -0.4 is 0 Å². The maximum Gasteiger partial charge on any atom is 0.239 e. The number of halogens is 1. The minimum Gasteiger partial charge on any atom is -0.347 e. The summed E-state index contributed by atoms with van der Waals surface area (Å²) in [4.78, 5) is 28.3. The summed E-state index contributed by atoms with van der Waals surface area (Å²) in [6, 6.07) is 5.47. The minimum absolute atomic E-state index is 0.0363. The Hall–Kier alpha value is -1.75. The lowest BCUT2D eigenvalue weighted by molar-refractivity contribution is -0.134. The van der Waals surface area contributed by atoms with Crippen LogP contribution >= 0.6 is 0 Å². The third-order valence-electron chi connectivity index (χ3n) is 4.30. The van der Waals surface area contributed by atoms with E-state index in [4.69, 9.17) is 0 Å². The Morgan fingerprint density at radius 1 is 1.27 bits per heavy atom. The number of likely N-dealkylation sites (N-methyl/N-ethyl adjacent to an activating group) is 1. The molecule has 4 nitrogen and oxygen atoms in total. The number of benzene rings is 1. The molecule has 120 valence electrons. The molecule has 0 bridgehead atoms. The van der Waals surface area contributed by atoms with Crippen LogP contribution in [-0.4, -0.2) is 54.7 Å². The van der Waals surface area contributed by atoms with E-state index in [1.54, 1.807) is 19.0 Å². The molecule has 1 aromatic carbocycles. The Balaban J connectivity index is 2.05. The van der Waals surface area contributed by atoms with E-state index in [0.29, 0.717) is 12.1 Å². The van der Waals surface area contributed by atoms with Gasteiger partial charge >= 0.3 is 0 Å². The molecule has 5 heteroatoms. The van der Waals surface area contributed by atoms with Gasteiger partial charge in [0.15, 0.2) is 5.78 Å². The van der Waals surface area contributed by atoms with E-state index in [1.807, 2.05) is 6.92 Å². The van der Waals surface area contributed by atoms with Gasteiger partial charge < -0.3 is 4.90 Å². The predicted octanol–water partition coefficient (Wildman–Crippen LogP) is 2.20. The third kappa shape index (κ3) is 3.71. The second-order valence-corrected chi connectivity index (χ2v) is 6.11. The lowest BCUT2D eigenvalue weighted by atomic mass is 9.89. The highest BCUT2D eigenvalue weighted by atomic mass is 19.1. The highest BCUT2D eigenvalue weighted by molar-refractivity contribution is 5.98. The zero-order chi connectivity index (χ0) is 16.3. The third-order valence-corrected chi connectivity index (χ3v) is 4.30. The van der Waals surface area contributed by atoms with Gasteiger partial charge in [0.1, 0.15) is 5.82 Å². The Kier molecular flexibility index (Phi) is 5.29. The van der Waals surface area contributed by atoms with Gasteiger partial charge in [-0.25, -0.2) is 4.39 Å². The predicted molar refractivity (Wildman–Crippen MR) is 83.2 cm³/mol. The number of hydrogen-bond acceptors (Lipinski definition) is 3. The van der Waals surface area contributed by atoms with Crippen LogP contribution in [0.1, 0.15) is 30.1 Å². The minimum atomic E-state index is -0.341. The summed E-state index contributed by atoms with van der Waals surface area (Å²) < 4.78 is 13.0. The molecule has 0 unspecified atom stereocenters. The molecule has 0 spiro atoms. The number of Topliss-reactive ketones (excluding diaryl/α,β-unsaturated/α-hetero) is 1. The summed E-state index contributed by atoms with van der Waals surface area (Å²) in [5.41, 5.74) is 0.542. The lowest BCUT2D eigenvalue weighted by Gasteiger charge is -2.36. The number of nitrogens with zero attached hydrogens (tertiary/aromatic N) is 2. The lowest BCUT2D eigenvalue weighted by Crippen LogP contribution is -2.49. The van der Waals surface area contributed by atoms with Gasteiger partial charge in [-0.3, -0.25) is 14.5 Å². The molecule has 1 aliphatic heterocycles. The van der Waals surface area contributed by atoms with E-state index in [2.05, 4.69) is 4.90 Å². The molecule has 0 radical (unpaired) electrons. The van der Waals surface area contributed by atoms with Crippen LogP contribution in [0, 0.1) is 11.7 Å². The van der Waals surface area contributed by atoms with Crippen molar-refractivity contribution in [1.29, 1.82) is 0 Å². The molecule has 2 atom stereocenters. The van der Waals surface area contributed by atoms with Crippen LogP contribution in [0.15, 0.2) is 24.3 Å². The van der Waals surface area contributed by atoms with Gasteiger partial charge in [-0.05, 0) is 50.6 Å². The van der Waals surface area contributed by atoms with Gasteiger partial charge in [0.25, 0.3) is 0 Å². The zero-order valence-corrected chi connectivity index (χ0v) is 13.4. The number of hydrogen-bond donors (Lipinski definition) is 0. The van der Waals surface area contributed by atoms with Gasteiger partial charge in [0.2, 0.25) is 5.91 Å². The highest BCUT2D eigenvalue weighted by Crippen LogP contribution is 2.23. The van der Waals surface area contributed by atoms with E-state index >= 15 is 0 Å². The van der Waals surface area contributed by atoms with Crippen molar-refractivity contribution in [3.8, 4) is 0 Å². The first-order valence-corrected chi connectivity index (χ1v) is 7.65. The maximum absolute atomic E-state index is 13.0. The Labute approximate surface area is 130 Å². The van der Waals surface area contributed by atoms with Gasteiger partial charge in [0, 0.05) is 32.1 Å². The van der Waals surface area contributed by atoms with Crippen molar-refractivity contribution < 1.29 is 14.0 Å². The fraction of sp³-hybridized carbons (Fsp3) is 0.529. The molecular formula is C17H23FN2O2. The SMILES string of the molecule is C[C@H](C(=O)N(C)C)N1CCC[C@H](C(=O)c2ccc(F)cc2)C1. The van der Waals surface area contributed by atoms with Gasteiger partial charge in [-0.2, -0.15) is 0 Å². The summed E-state index contributed by atoms with van der Waals surface area (Å²) in [7, 11) is 3.48. The molecular weight excluding hydrogens is 283 g/mol. The van der Waals surface area contributed by atoms with Crippen LogP contribution in [0.25, 0.3) is 0 Å². The number of ketones is 1. The monoisotopic (exact) mass is 306 g/mol. The average molecular weight is 306 g/mol. The molecule has 1 aliphatic rings. The van der Waals surface area contributed by atoms with E-state index in [0.717, 1.165) is 19.4 Å². The van der Waals surface area contributed by atoms with Gasteiger partial charge in [-0.1, -0.05) is 0 Å². The summed E-state index contributed by atoms with van der Waals surface area (Å²) in [6.07, 6.45) is 1.71. The first-order valence-electron chi connectivity index (χ1n) is 7.65. The molecule has 1 aromatic rings. The first kappa shape index (κ1) is 16.6. The summed E-state index contributed by atoms with van der Waals surface area (Å²) >= 11 is 0. The van der Waals surface area contributed by atoms with Crippen molar-refractivity contribution in [2.24, 2.45) is 5.92 Å². The maximum atomic E-state index is 13.0. The van der Waals surface area contributed by atoms with Crippen LogP contribution in [0.5, 0.6) is 0 Å². The van der Waals surface area contributed by atoms with Crippen molar-refractivity contribution >= 4 is 11.7 Å². The molecule has 22 heavy (non-hydrogen) atoms. The number of carbonyl (C=O) groups is 2. The average Bonchev–Trinajstić information content (AvgIpc) is 2.53. The Bertz CT molecular complexity index is 542. The molecule has 0 aromatic heterocycles. The quantitative estimate of drug-likeness (QED) is 0.801. The van der Waals surface area contributed by atoms with Crippen molar-refractivity contribution in [2.75, 3.05) is 27.2 Å². The number of rotatable bonds is 4. The van der Waals surface area contributed by atoms with E-state index in [-0.39, 0.29) is 29.5 Å². The second kappa shape index (κ2) is 7.01. The smallest absolute Gasteiger partial charge is 0.239 e. The Morgan fingerprint density at radius 2 is 1.91 bits per heavy atom. The van der Waals surface area contributed by atoms with E-state index in [1.165, 1.54) is 24.3 Å². The number of carbonyl (C=O) groups excluding carboxylic acids is 2. The van der Waals surface area contributed by atoms with Gasteiger partial charge in [-0.15, -0.1) is 0 Å². The number of likely N-dealkylation sites (tertiary alicyclic amines) is 1. The largest absolute Gasteiger partial charge is 0.347 e. The van der Waals surface area contributed by atoms with Gasteiger partial charge in [0.05, 0.1) is 6.04 Å². The van der Waals surface area contributed by atoms with Crippen LogP contribution in [-0.2, 0) is 4.79 Å². The normalized spacial score (nSPS) is 20.5. The zero-order valence-electron chi connectivity index (χ0n) is 13.4. The van der Waals surface area contributed by atoms with E-state index in [9.17, 15) is 14.0 Å². The Morgan fingerprint density at radius 3 is 2.50 bits per heavy atom. The molecule has 1 amide bonds. The second-order valence-electron chi connectivity index (χ2n) is 6.11. The van der Waals surface area contributed by atoms with Crippen molar-refractivity contribution in [1.82, 2.24) is 9.80 Å². The summed E-state index contributed by atoms with van der Waals surface area (Å²) in [5.74, 6) is -0.382. The van der Waals surface area contributed by atoms with Crippen molar-refractivity contribution in [3.63, 3.8) is 0 Å². The molecule has 0 aliphatic carbocycles. The van der Waals surface area contributed by atoms with E-state index < -0.39 is 0 Å². The molecule has 0 N–H and O–H groups in total. The fourth-order valence-corrected chi connectivity index (χ4v) is 2.95. The van der Waals surface area contributed by atoms with Crippen LogP contribution in [0.4, 0.5) is 4.39 Å². The highest BCUT2D eigenvalue weighted by Gasteiger charge is 2.31. The van der Waals surface area contributed by atoms with Crippen molar-refractivity contribution in [2.45, 2.75) is 25.8 Å². The molecule has 1 fully saturated rings. The number of amides is 1. The molecule has 1 heterocycles. The fourth-order valence-electron chi connectivity index (χ4n) is 2.95. The standard InChI is InChI=1S/C17H23FN2O2/c1-12(17(22)19(2)3)20-10-4-5-14(11-20)16(21)13-6-8-15(18)9-7-13/h6-9,12,14H,4-5,10-11H2,1-3H3/t12-,14+/m1/s1. The van der Waals surface area contributed by atoms with Crippen molar-refractivity contribution in [3.05, 3.63) is 35.6 Å². The molecule has 1 saturated heterocycles. The van der Waals surface area contributed by atoms with Crippen LogP contribution in [0.3, 0.4) is 0 Å². The molecule has 2 rings (SSSR count). The van der Waals surface area contributed by atoms with Crippen LogP contribution in [0.2, 0.25) is 0 Å². The molecule has 0 saturated carbocycles.